The number of ether oxygens (including phenoxy) is 1. The largest absolute Gasteiger partial charge is 0.454 e. The van der Waals surface area contributed by atoms with Crippen LogP contribution >= 0.6 is 11.8 Å². The predicted molar refractivity (Wildman–Crippen MR) is 120 cm³/mol. The number of aromatic nitrogens is 2. The standard InChI is InChI=1S/C24H22N2O3S/c1-14-12-21(26-19-10-6-4-8-17(14)19)30-13-22(27)29-16(3)24(28)23-15(2)25-20-11-7-5-9-18(20)23/h4-12,16,25H,13H2,1-3H3/t16-/m1/s1. The fourth-order valence-corrected chi connectivity index (χ4v) is 4.36. The molecule has 4 aromatic rings. The Kier molecular flexibility index (Phi) is 5.59. The van der Waals surface area contributed by atoms with Crippen molar-refractivity contribution in [2.75, 3.05) is 5.75 Å². The number of pyridine rings is 1. The number of esters is 1. The maximum Gasteiger partial charge on any atom is 0.317 e. The molecular formula is C24H22N2O3S. The van der Waals surface area contributed by atoms with Gasteiger partial charge < -0.3 is 9.72 Å². The number of nitrogens with one attached hydrogen (secondary N) is 1. The van der Waals surface area contributed by atoms with Gasteiger partial charge in [0.25, 0.3) is 0 Å². The first-order valence-electron chi connectivity index (χ1n) is 9.74. The van der Waals surface area contributed by atoms with Crippen molar-refractivity contribution in [3.8, 4) is 0 Å². The van der Waals surface area contributed by atoms with Crippen molar-refractivity contribution in [3.05, 3.63) is 71.4 Å². The van der Waals surface area contributed by atoms with Crippen LogP contribution in [0.25, 0.3) is 21.8 Å². The van der Waals surface area contributed by atoms with Crippen molar-refractivity contribution in [1.29, 1.82) is 0 Å². The fourth-order valence-electron chi connectivity index (χ4n) is 3.61. The molecule has 4 rings (SSSR count). The van der Waals surface area contributed by atoms with Crippen molar-refractivity contribution >= 4 is 45.3 Å². The number of H-pyrrole nitrogens is 1. The van der Waals surface area contributed by atoms with Gasteiger partial charge in [0.05, 0.1) is 16.3 Å². The molecule has 2 aromatic heterocycles. The van der Waals surface area contributed by atoms with E-state index in [0.717, 1.165) is 38.1 Å². The first kappa shape index (κ1) is 20.2. The summed E-state index contributed by atoms with van der Waals surface area (Å²) in [6.07, 6.45) is -0.859. The van der Waals surface area contributed by atoms with Crippen LogP contribution < -0.4 is 0 Å². The number of benzene rings is 2. The van der Waals surface area contributed by atoms with E-state index in [1.807, 2.05) is 68.4 Å². The lowest BCUT2D eigenvalue weighted by atomic mass is 10.0. The molecule has 1 atom stereocenters. The number of para-hydroxylation sites is 2. The molecule has 0 fully saturated rings. The van der Waals surface area contributed by atoms with E-state index in [-0.39, 0.29) is 11.5 Å². The Morgan fingerprint density at radius 2 is 1.77 bits per heavy atom. The molecule has 1 N–H and O–H groups in total. The molecule has 5 nitrogen and oxygen atoms in total. The molecule has 0 bridgehead atoms. The van der Waals surface area contributed by atoms with Crippen molar-refractivity contribution < 1.29 is 14.3 Å². The number of Topliss-reactive ketones (excluding diaryl/α,β-unsaturated/α-hetero) is 1. The molecule has 152 valence electrons. The van der Waals surface area contributed by atoms with Gasteiger partial charge in [-0.15, -0.1) is 0 Å². The highest BCUT2D eigenvalue weighted by atomic mass is 32.2. The fraction of sp³-hybridized carbons (Fsp3) is 0.208. The Morgan fingerprint density at radius 3 is 2.57 bits per heavy atom. The van der Waals surface area contributed by atoms with Crippen LogP contribution in [-0.4, -0.2) is 33.6 Å². The number of ketones is 1. The summed E-state index contributed by atoms with van der Waals surface area (Å²) in [4.78, 5) is 33.1. The third-order valence-corrected chi connectivity index (χ3v) is 5.94. The van der Waals surface area contributed by atoms with Gasteiger partial charge in [0, 0.05) is 27.5 Å². The number of nitrogens with zero attached hydrogens (tertiary/aromatic N) is 1. The molecule has 6 heteroatoms. The van der Waals surface area contributed by atoms with Crippen molar-refractivity contribution in [2.24, 2.45) is 0 Å². The van der Waals surface area contributed by atoms with Gasteiger partial charge in [0.15, 0.2) is 6.10 Å². The summed E-state index contributed by atoms with van der Waals surface area (Å²) >= 11 is 1.31. The molecule has 0 aliphatic carbocycles. The highest BCUT2D eigenvalue weighted by Crippen LogP contribution is 2.25. The van der Waals surface area contributed by atoms with Crippen LogP contribution in [0.1, 0.15) is 28.5 Å². The smallest absolute Gasteiger partial charge is 0.317 e. The molecule has 30 heavy (non-hydrogen) atoms. The Labute approximate surface area is 178 Å². The van der Waals surface area contributed by atoms with Gasteiger partial charge in [-0.2, -0.15) is 0 Å². The number of carbonyl (C=O) groups excluding carboxylic acids is 2. The van der Waals surface area contributed by atoms with Gasteiger partial charge in [-0.1, -0.05) is 48.2 Å². The van der Waals surface area contributed by atoms with E-state index in [4.69, 9.17) is 4.74 Å². The van der Waals surface area contributed by atoms with Crippen LogP contribution in [0, 0.1) is 13.8 Å². The lowest BCUT2D eigenvalue weighted by molar-refractivity contribution is -0.143. The van der Waals surface area contributed by atoms with Crippen LogP contribution in [0.3, 0.4) is 0 Å². The highest BCUT2D eigenvalue weighted by Gasteiger charge is 2.24. The van der Waals surface area contributed by atoms with Crippen molar-refractivity contribution in [2.45, 2.75) is 31.9 Å². The molecule has 2 heterocycles. The van der Waals surface area contributed by atoms with Crippen LogP contribution in [0.2, 0.25) is 0 Å². The van der Waals surface area contributed by atoms with E-state index >= 15 is 0 Å². The van der Waals surface area contributed by atoms with Gasteiger partial charge in [-0.3, -0.25) is 9.59 Å². The zero-order valence-electron chi connectivity index (χ0n) is 17.1. The molecule has 0 aliphatic rings. The first-order valence-corrected chi connectivity index (χ1v) is 10.7. The highest BCUT2D eigenvalue weighted by molar-refractivity contribution is 7.99. The number of fused-ring (bicyclic) bond motifs is 2. The summed E-state index contributed by atoms with van der Waals surface area (Å²) in [6, 6.07) is 17.5. The average Bonchev–Trinajstić information content (AvgIpc) is 3.07. The van der Waals surface area contributed by atoms with Gasteiger partial charge in [0.2, 0.25) is 5.78 Å². The van der Waals surface area contributed by atoms with Gasteiger partial charge in [0.1, 0.15) is 0 Å². The molecule has 0 spiro atoms. The predicted octanol–water partition coefficient (Wildman–Crippen LogP) is 5.24. The molecular weight excluding hydrogens is 396 g/mol. The number of hydrogen-bond donors (Lipinski definition) is 1. The monoisotopic (exact) mass is 418 g/mol. The summed E-state index contributed by atoms with van der Waals surface area (Å²) in [5, 5.41) is 2.69. The van der Waals surface area contributed by atoms with E-state index in [1.54, 1.807) is 6.92 Å². The van der Waals surface area contributed by atoms with Crippen molar-refractivity contribution in [3.63, 3.8) is 0 Å². The number of thioether (sulfide) groups is 1. The normalized spacial score (nSPS) is 12.2. The lowest BCUT2D eigenvalue weighted by Gasteiger charge is -2.13. The molecule has 0 saturated heterocycles. The van der Waals surface area contributed by atoms with E-state index < -0.39 is 12.1 Å². The molecule has 2 aromatic carbocycles. The third-order valence-electron chi connectivity index (χ3n) is 5.05. The first-order chi connectivity index (χ1) is 14.4. The van der Waals surface area contributed by atoms with E-state index in [0.29, 0.717) is 5.56 Å². The Bertz CT molecular complexity index is 1260. The van der Waals surface area contributed by atoms with Gasteiger partial charge in [-0.25, -0.2) is 4.98 Å². The zero-order valence-corrected chi connectivity index (χ0v) is 17.9. The Morgan fingerprint density at radius 1 is 1.07 bits per heavy atom. The topological polar surface area (TPSA) is 72.1 Å². The molecule has 0 amide bonds. The van der Waals surface area contributed by atoms with Gasteiger partial charge >= 0.3 is 5.97 Å². The number of aromatic amines is 1. The third kappa shape index (κ3) is 3.96. The van der Waals surface area contributed by atoms with Crippen molar-refractivity contribution in [1.82, 2.24) is 9.97 Å². The summed E-state index contributed by atoms with van der Waals surface area (Å²) in [7, 11) is 0. The van der Waals surface area contributed by atoms with Crippen LogP contribution in [-0.2, 0) is 9.53 Å². The lowest BCUT2D eigenvalue weighted by Crippen LogP contribution is -2.25. The van der Waals surface area contributed by atoms with E-state index in [1.165, 1.54) is 11.8 Å². The molecule has 0 unspecified atom stereocenters. The molecule has 0 radical (unpaired) electrons. The van der Waals surface area contributed by atoms with E-state index in [9.17, 15) is 9.59 Å². The average molecular weight is 419 g/mol. The number of hydrogen-bond acceptors (Lipinski definition) is 5. The SMILES string of the molecule is Cc1[nH]c2ccccc2c1C(=O)[C@@H](C)OC(=O)CSc1cc(C)c2ccccc2n1. The second-order valence-corrected chi connectivity index (χ2v) is 8.25. The second kappa shape index (κ2) is 8.32. The minimum atomic E-state index is -0.859. The number of rotatable bonds is 6. The van der Waals surface area contributed by atoms with Gasteiger partial charge in [-0.05, 0) is 44.5 Å². The number of carbonyl (C=O) groups is 2. The summed E-state index contributed by atoms with van der Waals surface area (Å²) in [5.74, 6) is -0.552. The molecule has 0 aliphatic heterocycles. The van der Waals surface area contributed by atoms with Crippen LogP contribution in [0.4, 0.5) is 0 Å². The summed E-state index contributed by atoms with van der Waals surface area (Å²) < 4.78 is 5.43. The Hall–Kier alpha value is -3.12. The summed E-state index contributed by atoms with van der Waals surface area (Å²) in [5.41, 5.74) is 4.24. The number of aryl methyl sites for hydroxylation is 2. The minimum absolute atomic E-state index is 0.0925. The zero-order chi connectivity index (χ0) is 21.3. The van der Waals surface area contributed by atoms with Crippen LogP contribution in [0.15, 0.2) is 59.6 Å². The quantitative estimate of drug-likeness (QED) is 0.263. The second-order valence-electron chi connectivity index (χ2n) is 7.25. The minimum Gasteiger partial charge on any atom is -0.454 e. The van der Waals surface area contributed by atoms with Crippen LogP contribution in [0.5, 0.6) is 0 Å². The maximum absolute atomic E-state index is 12.9. The van der Waals surface area contributed by atoms with E-state index in [2.05, 4.69) is 9.97 Å². The Balaban J connectivity index is 1.42. The summed E-state index contributed by atoms with van der Waals surface area (Å²) in [6.45, 7) is 5.49. The molecule has 0 saturated carbocycles. The maximum atomic E-state index is 12.9.